The molecule has 0 N–H and O–H groups in total. The van der Waals surface area contributed by atoms with Crippen LogP contribution in [0.3, 0.4) is 0 Å². The van der Waals surface area contributed by atoms with Crippen molar-refractivity contribution in [3.8, 4) is 33.4 Å². The average molecular weight is 704 g/mol. The van der Waals surface area contributed by atoms with Crippen molar-refractivity contribution in [3.05, 3.63) is 200 Å². The molecule has 3 nitrogen and oxygen atoms in total. The first-order valence-corrected chi connectivity index (χ1v) is 18.7. The molecule has 11 rings (SSSR count). The van der Waals surface area contributed by atoms with Gasteiger partial charge in [0.15, 0.2) is 0 Å². The molecule has 0 unspecified atom stereocenters. The van der Waals surface area contributed by atoms with Crippen LogP contribution in [0.2, 0.25) is 0 Å². The summed E-state index contributed by atoms with van der Waals surface area (Å²) in [6.07, 6.45) is 0. The third-order valence-electron chi connectivity index (χ3n) is 10.9. The highest BCUT2D eigenvalue weighted by Crippen LogP contribution is 2.48. The summed E-state index contributed by atoms with van der Waals surface area (Å²) in [5.41, 5.74) is 13.6. The molecule has 2 heterocycles. The maximum absolute atomic E-state index is 6.48. The Kier molecular flexibility index (Phi) is 7.17. The normalized spacial score (nSPS) is 11.6. The molecule has 11 aromatic rings. The average Bonchev–Trinajstić information content (AvgIpc) is 3.83. The van der Waals surface area contributed by atoms with Crippen molar-refractivity contribution >= 4 is 71.7 Å². The lowest BCUT2D eigenvalue weighted by Crippen LogP contribution is -2.12. The zero-order valence-corrected chi connectivity index (χ0v) is 29.8. The van der Waals surface area contributed by atoms with Gasteiger partial charge in [-0.1, -0.05) is 152 Å². The van der Waals surface area contributed by atoms with Gasteiger partial charge in [0.1, 0.15) is 22.3 Å². The van der Waals surface area contributed by atoms with Gasteiger partial charge >= 0.3 is 0 Å². The maximum Gasteiger partial charge on any atom is 0.137 e. The fourth-order valence-corrected chi connectivity index (χ4v) is 8.38. The number of fused-ring (bicyclic) bond motifs is 7. The van der Waals surface area contributed by atoms with E-state index >= 15 is 0 Å². The monoisotopic (exact) mass is 703 g/mol. The van der Waals surface area contributed by atoms with E-state index < -0.39 is 0 Å². The molecule has 3 heteroatoms. The number of benzene rings is 9. The minimum Gasteiger partial charge on any atom is -0.456 e. The van der Waals surface area contributed by atoms with Gasteiger partial charge in [0.05, 0.1) is 16.8 Å². The molecule has 0 fully saturated rings. The van der Waals surface area contributed by atoms with Gasteiger partial charge in [-0.15, -0.1) is 0 Å². The van der Waals surface area contributed by atoms with Gasteiger partial charge in [0, 0.05) is 27.4 Å². The van der Waals surface area contributed by atoms with Gasteiger partial charge in [-0.3, -0.25) is 0 Å². The quantitative estimate of drug-likeness (QED) is 0.173. The molecular weight excluding hydrogens is 671 g/mol. The Morgan fingerprint density at radius 1 is 0.309 bits per heavy atom. The standard InChI is InChI=1S/C52H33NO2/c1-2-13-35(14-3-1)41-32-29-37(40-20-10-16-34-15-4-5-17-39(34)40)33-46(41)53(45-22-12-26-50-52(45)44-19-7-9-24-48(44)55-50)38-30-27-36(28-31-38)42-21-11-25-49-51(42)43-18-6-8-23-47(43)54-49/h1-33H. The number of hydrogen-bond acceptors (Lipinski definition) is 3. The number of nitrogens with zero attached hydrogens (tertiary/aromatic N) is 1. The molecule has 258 valence electrons. The lowest BCUT2D eigenvalue weighted by atomic mass is 9.93. The van der Waals surface area contributed by atoms with E-state index in [4.69, 9.17) is 8.83 Å². The molecular formula is C52H33NO2. The Hall–Kier alpha value is -7.36. The minimum absolute atomic E-state index is 0.852. The highest BCUT2D eigenvalue weighted by molar-refractivity contribution is 6.15. The second kappa shape index (κ2) is 12.6. The summed E-state index contributed by atoms with van der Waals surface area (Å²) in [4.78, 5) is 2.42. The summed E-state index contributed by atoms with van der Waals surface area (Å²) in [6, 6.07) is 71.1. The third kappa shape index (κ3) is 5.13. The summed E-state index contributed by atoms with van der Waals surface area (Å²) in [5, 5.41) is 6.85. The molecule has 0 aliphatic rings. The van der Waals surface area contributed by atoms with Crippen LogP contribution in [-0.4, -0.2) is 0 Å². The third-order valence-corrected chi connectivity index (χ3v) is 10.9. The van der Waals surface area contributed by atoms with E-state index in [-0.39, 0.29) is 0 Å². The maximum atomic E-state index is 6.48. The van der Waals surface area contributed by atoms with Crippen LogP contribution in [0.1, 0.15) is 0 Å². The highest BCUT2D eigenvalue weighted by atomic mass is 16.3. The molecule has 0 radical (unpaired) electrons. The first kappa shape index (κ1) is 31.2. The molecule has 0 aliphatic heterocycles. The fraction of sp³-hybridized carbons (Fsp3) is 0. The molecule has 9 aromatic carbocycles. The van der Waals surface area contributed by atoms with Crippen LogP contribution in [0.25, 0.3) is 88.0 Å². The first-order valence-electron chi connectivity index (χ1n) is 18.7. The van der Waals surface area contributed by atoms with E-state index in [0.29, 0.717) is 0 Å². The summed E-state index contributed by atoms with van der Waals surface area (Å²) in [7, 11) is 0. The lowest BCUT2D eigenvalue weighted by molar-refractivity contribution is 0.668. The van der Waals surface area contributed by atoms with Crippen molar-refractivity contribution in [1.29, 1.82) is 0 Å². The molecule has 55 heavy (non-hydrogen) atoms. The van der Waals surface area contributed by atoms with E-state index in [1.807, 2.05) is 18.2 Å². The summed E-state index contributed by atoms with van der Waals surface area (Å²) >= 11 is 0. The van der Waals surface area contributed by atoms with Gasteiger partial charge < -0.3 is 13.7 Å². The van der Waals surface area contributed by atoms with E-state index in [2.05, 4.69) is 187 Å². The molecule has 0 spiro atoms. The van der Waals surface area contributed by atoms with E-state index in [0.717, 1.165) is 88.8 Å². The Morgan fingerprint density at radius 2 is 0.855 bits per heavy atom. The first-order chi connectivity index (χ1) is 27.3. The van der Waals surface area contributed by atoms with Gasteiger partial charge in [-0.2, -0.15) is 0 Å². The minimum atomic E-state index is 0.852. The fourth-order valence-electron chi connectivity index (χ4n) is 8.38. The Balaban J connectivity index is 1.18. The predicted octanol–water partition coefficient (Wildman–Crippen LogP) is 15.1. The van der Waals surface area contributed by atoms with Crippen LogP contribution in [0.4, 0.5) is 17.1 Å². The van der Waals surface area contributed by atoms with E-state index in [1.54, 1.807) is 0 Å². The number of para-hydroxylation sites is 2. The number of furan rings is 2. The van der Waals surface area contributed by atoms with Gasteiger partial charge in [0.2, 0.25) is 0 Å². The molecule has 2 aromatic heterocycles. The smallest absolute Gasteiger partial charge is 0.137 e. The van der Waals surface area contributed by atoms with Crippen molar-refractivity contribution in [3.63, 3.8) is 0 Å². The van der Waals surface area contributed by atoms with Crippen LogP contribution < -0.4 is 4.90 Å². The second-order valence-electron chi connectivity index (χ2n) is 14.0. The van der Waals surface area contributed by atoms with Crippen LogP contribution in [0.15, 0.2) is 209 Å². The molecule has 0 saturated heterocycles. The van der Waals surface area contributed by atoms with Gasteiger partial charge in [0.25, 0.3) is 0 Å². The predicted molar refractivity (Wildman–Crippen MR) is 229 cm³/mol. The van der Waals surface area contributed by atoms with E-state index in [1.165, 1.54) is 16.3 Å². The molecule has 0 bridgehead atoms. The van der Waals surface area contributed by atoms with Crippen LogP contribution in [0.5, 0.6) is 0 Å². The summed E-state index contributed by atoms with van der Waals surface area (Å²) in [6.45, 7) is 0. The Bertz CT molecular complexity index is 3200. The van der Waals surface area contributed by atoms with Crippen LogP contribution >= 0.6 is 0 Å². The number of anilines is 3. The lowest BCUT2D eigenvalue weighted by Gasteiger charge is -2.29. The summed E-state index contributed by atoms with van der Waals surface area (Å²) < 4.78 is 12.8. The molecule has 0 aliphatic carbocycles. The van der Waals surface area contributed by atoms with Crippen molar-refractivity contribution in [1.82, 2.24) is 0 Å². The molecule has 0 atom stereocenters. The van der Waals surface area contributed by atoms with Crippen molar-refractivity contribution < 1.29 is 8.83 Å². The highest BCUT2D eigenvalue weighted by Gasteiger charge is 2.23. The second-order valence-corrected chi connectivity index (χ2v) is 14.0. The number of hydrogen-bond donors (Lipinski definition) is 0. The number of rotatable bonds is 6. The van der Waals surface area contributed by atoms with Crippen molar-refractivity contribution in [2.24, 2.45) is 0 Å². The molecule has 0 amide bonds. The van der Waals surface area contributed by atoms with Crippen molar-refractivity contribution in [2.75, 3.05) is 4.90 Å². The zero-order chi connectivity index (χ0) is 36.3. The van der Waals surface area contributed by atoms with Gasteiger partial charge in [-0.25, -0.2) is 0 Å². The van der Waals surface area contributed by atoms with Crippen molar-refractivity contribution in [2.45, 2.75) is 0 Å². The van der Waals surface area contributed by atoms with Gasteiger partial charge in [-0.05, 0) is 87.1 Å². The Morgan fingerprint density at radius 3 is 1.64 bits per heavy atom. The summed E-state index contributed by atoms with van der Waals surface area (Å²) in [5.74, 6) is 0. The van der Waals surface area contributed by atoms with E-state index in [9.17, 15) is 0 Å². The SMILES string of the molecule is c1ccc(-c2ccc(-c3cccc4ccccc34)cc2N(c2ccc(-c3cccc4oc5ccccc5c34)cc2)c2cccc3oc4ccccc4c23)cc1. The largest absolute Gasteiger partial charge is 0.456 e. The van der Waals surface area contributed by atoms with Crippen LogP contribution in [0, 0.1) is 0 Å². The van der Waals surface area contributed by atoms with Crippen LogP contribution in [-0.2, 0) is 0 Å². The zero-order valence-electron chi connectivity index (χ0n) is 29.8. The topological polar surface area (TPSA) is 29.5 Å². The Labute approximate surface area is 317 Å². The molecule has 0 saturated carbocycles.